The van der Waals surface area contributed by atoms with Gasteiger partial charge >= 0.3 is 5.97 Å². The summed E-state index contributed by atoms with van der Waals surface area (Å²) in [5, 5.41) is 12.2. The van der Waals surface area contributed by atoms with Gasteiger partial charge in [-0.25, -0.2) is 9.48 Å². The molecule has 0 aliphatic heterocycles. The summed E-state index contributed by atoms with van der Waals surface area (Å²) in [4.78, 5) is 16.0. The summed E-state index contributed by atoms with van der Waals surface area (Å²) < 4.78 is 11.7. The number of methoxy groups -OCH3 is 1. The van der Waals surface area contributed by atoms with Crippen LogP contribution in [0.2, 0.25) is 0 Å². The third kappa shape index (κ3) is 3.32. The van der Waals surface area contributed by atoms with E-state index < -0.39 is 5.97 Å². The van der Waals surface area contributed by atoms with Crippen molar-refractivity contribution in [2.24, 2.45) is 0 Å². The van der Waals surface area contributed by atoms with E-state index in [1.54, 1.807) is 35.1 Å². The van der Waals surface area contributed by atoms with E-state index >= 15 is 0 Å². The maximum Gasteiger partial charge on any atom is 0.337 e. The molecule has 0 N–H and O–H groups in total. The Morgan fingerprint density at radius 3 is 2.74 bits per heavy atom. The Bertz CT molecular complexity index is 1100. The van der Waals surface area contributed by atoms with Gasteiger partial charge in [-0.2, -0.15) is 4.98 Å². The van der Waals surface area contributed by atoms with Crippen molar-refractivity contribution in [1.29, 1.82) is 0 Å². The van der Waals surface area contributed by atoms with E-state index in [2.05, 4.69) is 20.5 Å². The van der Waals surface area contributed by atoms with Crippen molar-refractivity contribution in [1.82, 2.24) is 25.1 Å². The van der Waals surface area contributed by atoms with Gasteiger partial charge in [0.15, 0.2) is 5.69 Å². The number of hydrogen-bond acceptors (Lipinski definition) is 7. The number of esters is 1. The molecule has 0 unspecified atom stereocenters. The highest BCUT2D eigenvalue weighted by Gasteiger charge is 2.15. The Balaban J connectivity index is 1.62. The second-order valence-electron chi connectivity index (χ2n) is 5.88. The monoisotopic (exact) mass is 361 g/mol. The first kappa shape index (κ1) is 16.6. The van der Waals surface area contributed by atoms with Crippen molar-refractivity contribution < 1.29 is 14.1 Å². The fraction of sp³-hybridized carbons (Fsp3) is 0.105. The van der Waals surface area contributed by atoms with Gasteiger partial charge in [0.25, 0.3) is 5.89 Å². The second-order valence-corrected chi connectivity index (χ2v) is 5.88. The summed E-state index contributed by atoms with van der Waals surface area (Å²) in [5.74, 6) is 0.158. The molecule has 0 amide bonds. The van der Waals surface area contributed by atoms with Crippen LogP contribution in [-0.4, -0.2) is 38.2 Å². The Morgan fingerprint density at radius 1 is 1.15 bits per heavy atom. The predicted octanol–water partition coefficient (Wildman–Crippen LogP) is 3.08. The van der Waals surface area contributed by atoms with Crippen LogP contribution in [-0.2, 0) is 4.74 Å². The lowest BCUT2D eigenvalue weighted by atomic mass is 10.1. The summed E-state index contributed by atoms with van der Waals surface area (Å²) in [5.41, 5.74) is 3.54. The Morgan fingerprint density at radius 2 is 1.96 bits per heavy atom. The molecule has 0 fully saturated rings. The minimum Gasteiger partial charge on any atom is -0.465 e. The zero-order chi connectivity index (χ0) is 18.8. The molecule has 0 aliphatic carbocycles. The first-order valence-corrected chi connectivity index (χ1v) is 8.16. The van der Waals surface area contributed by atoms with E-state index in [0.29, 0.717) is 22.6 Å². The number of aromatic nitrogens is 5. The minimum atomic E-state index is -0.433. The van der Waals surface area contributed by atoms with Crippen LogP contribution in [0, 0.1) is 6.92 Å². The van der Waals surface area contributed by atoms with E-state index in [0.717, 1.165) is 11.3 Å². The molecule has 0 atom stereocenters. The van der Waals surface area contributed by atoms with Crippen molar-refractivity contribution in [3.63, 3.8) is 0 Å². The van der Waals surface area contributed by atoms with E-state index in [1.807, 2.05) is 31.2 Å². The van der Waals surface area contributed by atoms with Gasteiger partial charge < -0.3 is 9.26 Å². The van der Waals surface area contributed by atoms with Crippen LogP contribution in [0.4, 0.5) is 0 Å². The lowest BCUT2D eigenvalue weighted by Gasteiger charge is -2.00. The van der Waals surface area contributed by atoms with Crippen molar-refractivity contribution in [3.05, 3.63) is 65.9 Å². The topological polar surface area (TPSA) is 95.9 Å². The number of carbonyl (C=O) groups excluding carboxylic acids is 1. The van der Waals surface area contributed by atoms with Gasteiger partial charge in [-0.3, -0.25) is 0 Å². The van der Waals surface area contributed by atoms with Gasteiger partial charge in [0.1, 0.15) is 0 Å². The summed E-state index contributed by atoms with van der Waals surface area (Å²) in [6.07, 6.45) is 1.73. The molecule has 27 heavy (non-hydrogen) atoms. The summed E-state index contributed by atoms with van der Waals surface area (Å²) in [6.45, 7) is 2.02. The van der Waals surface area contributed by atoms with Gasteiger partial charge in [-0.1, -0.05) is 34.1 Å². The molecule has 134 valence electrons. The predicted molar refractivity (Wildman–Crippen MR) is 96.2 cm³/mol. The van der Waals surface area contributed by atoms with Gasteiger partial charge in [0.2, 0.25) is 5.82 Å². The second kappa shape index (κ2) is 6.83. The molecule has 0 bridgehead atoms. The average molecular weight is 361 g/mol. The zero-order valence-electron chi connectivity index (χ0n) is 14.7. The first-order chi connectivity index (χ1) is 13.1. The molecule has 0 spiro atoms. The van der Waals surface area contributed by atoms with Crippen LogP contribution in [0.15, 0.2) is 59.3 Å². The summed E-state index contributed by atoms with van der Waals surface area (Å²) in [6, 6.07) is 14.7. The van der Waals surface area contributed by atoms with Crippen molar-refractivity contribution in [2.45, 2.75) is 6.92 Å². The molecular formula is C19H15N5O3. The van der Waals surface area contributed by atoms with Crippen LogP contribution in [0.5, 0.6) is 0 Å². The molecule has 2 aromatic carbocycles. The number of aryl methyl sites for hydroxylation is 1. The van der Waals surface area contributed by atoms with E-state index in [9.17, 15) is 4.79 Å². The number of ether oxygens (including phenoxy) is 1. The molecule has 0 radical (unpaired) electrons. The van der Waals surface area contributed by atoms with Crippen LogP contribution in [0.1, 0.15) is 15.9 Å². The van der Waals surface area contributed by atoms with Crippen LogP contribution in [0.25, 0.3) is 28.7 Å². The molecular weight excluding hydrogens is 346 g/mol. The number of hydrogen-bond donors (Lipinski definition) is 0. The molecule has 0 saturated carbocycles. The fourth-order valence-corrected chi connectivity index (χ4v) is 2.53. The molecule has 2 heterocycles. The highest BCUT2D eigenvalue weighted by Crippen LogP contribution is 2.22. The van der Waals surface area contributed by atoms with Gasteiger partial charge in [-0.15, -0.1) is 5.10 Å². The number of nitrogens with zero attached hydrogens (tertiary/aromatic N) is 5. The number of rotatable bonds is 4. The lowest BCUT2D eigenvalue weighted by Crippen LogP contribution is -2.00. The number of benzene rings is 2. The molecule has 4 aromatic rings. The normalized spacial score (nSPS) is 10.7. The van der Waals surface area contributed by atoms with E-state index in [4.69, 9.17) is 9.26 Å². The molecule has 0 saturated heterocycles. The maximum absolute atomic E-state index is 11.7. The highest BCUT2D eigenvalue weighted by molar-refractivity contribution is 5.90. The van der Waals surface area contributed by atoms with Crippen molar-refractivity contribution in [3.8, 4) is 28.7 Å². The van der Waals surface area contributed by atoms with Crippen LogP contribution >= 0.6 is 0 Å². The van der Waals surface area contributed by atoms with Gasteiger partial charge in [-0.05, 0) is 37.3 Å². The zero-order valence-corrected chi connectivity index (χ0v) is 14.7. The molecule has 8 nitrogen and oxygen atoms in total. The summed E-state index contributed by atoms with van der Waals surface area (Å²) in [7, 11) is 1.33. The van der Waals surface area contributed by atoms with Gasteiger partial charge in [0.05, 0.1) is 24.6 Å². The number of carbonyl (C=O) groups is 1. The molecule has 2 aromatic heterocycles. The molecule has 4 rings (SSSR count). The Kier molecular flexibility index (Phi) is 4.21. The third-order valence-corrected chi connectivity index (χ3v) is 3.98. The maximum atomic E-state index is 11.7. The standard InChI is InChI=1S/C19H15N5O3/c1-12-6-8-15(9-7-12)24-11-16(21-23-24)17-20-18(27-22-17)13-4-3-5-14(10-13)19(25)26-2/h3-11H,1-2H3. The van der Waals surface area contributed by atoms with E-state index in [1.165, 1.54) is 7.11 Å². The smallest absolute Gasteiger partial charge is 0.337 e. The SMILES string of the molecule is COC(=O)c1cccc(-c2nc(-c3cn(-c4ccc(C)cc4)nn3)no2)c1. The summed E-state index contributed by atoms with van der Waals surface area (Å²) >= 11 is 0. The van der Waals surface area contributed by atoms with Gasteiger partial charge in [0, 0.05) is 5.56 Å². The van der Waals surface area contributed by atoms with Crippen molar-refractivity contribution in [2.75, 3.05) is 7.11 Å². The lowest BCUT2D eigenvalue weighted by molar-refractivity contribution is 0.0601. The Labute approximate surface area is 154 Å². The Hall–Kier alpha value is -3.81. The largest absolute Gasteiger partial charge is 0.465 e. The van der Waals surface area contributed by atoms with Crippen LogP contribution in [0.3, 0.4) is 0 Å². The quantitative estimate of drug-likeness (QED) is 0.515. The molecule has 8 heteroatoms. The van der Waals surface area contributed by atoms with E-state index in [-0.39, 0.29) is 5.89 Å². The first-order valence-electron chi connectivity index (χ1n) is 8.16. The minimum absolute atomic E-state index is 0.278. The molecule has 0 aliphatic rings. The van der Waals surface area contributed by atoms with Crippen molar-refractivity contribution >= 4 is 5.97 Å². The highest BCUT2D eigenvalue weighted by atomic mass is 16.5. The third-order valence-electron chi connectivity index (χ3n) is 3.98. The fourth-order valence-electron chi connectivity index (χ4n) is 2.53. The average Bonchev–Trinajstić information content (AvgIpc) is 3.37. The van der Waals surface area contributed by atoms with Crippen LogP contribution < -0.4 is 0 Å².